The van der Waals surface area contributed by atoms with Crippen molar-refractivity contribution in [2.75, 3.05) is 13.1 Å². The SMILES string of the molecule is CC(C)CNCC(C)C(C)c1c(Br)nnn1C. The molecular weight excluding hydrogens is 280 g/mol. The van der Waals surface area contributed by atoms with Gasteiger partial charge < -0.3 is 5.32 Å². The smallest absolute Gasteiger partial charge is 0.151 e. The lowest BCUT2D eigenvalue weighted by molar-refractivity contribution is 0.413. The number of aromatic nitrogens is 3. The summed E-state index contributed by atoms with van der Waals surface area (Å²) in [5.74, 6) is 1.69. The van der Waals surface area contributed by atoms with Crippen LogP contribution in [0.25, 0.3) is 0 Å². The number of nitrogens with zero attached hydrogens (tertiary/aromatic N) is 3. The first-order chi connectivity index (χ1) is 7.93. The van der Waals surface area contributed by atoms with Crippen LogP contribution in [0.5, 0.6) is 0 Å². The predicted octanol–water partition coefficient (Wildman–Crippen LogP) is 2.56. The summed E-state index contributed by atoms with van der Waals surface area (Å²) < 4.78 is 2.72. The molecule has 0 amide bonds. The van der Waals surface area contributed by atoms with Crippen LogP contribution in [0.15, 0.2) is 4.60 Å². The van der Waals surface area contributed by atoms with Crippen LogP contribution in [0.4, 0.5) is 0 Å². The van der Waals surface area contributed by atoms with Gasteiger partial charge in [-0.15, -0.1) is 5.10 Å². The van der Waals surface area contributed by atoms with E-state index in [2.05, 4.69) is 59.3 Å². The fourth-order valence-electron chi connectivity index (χ4n) is 1.87. The molecule has 1 heterocycles. The summed E-state index contributed by atoms with van der Waals surface area (Å²) in [6, 6.07) is 0. The van der Waals surface area contributed by atoms with Crippen molar-refractivity contribution >= 4 is 15.9 Å². The van der Waals surface area contributed by atoms with Gasteiger partial charge in [0.25, 0.3) is 0 Å². The highest BCUT2D eigenvalue weighted by molar-refractivity contribution is 9.10. The molecule has 2 unspecified atom stereocenters. The molecule has 0 saturated heterocycles. The lowest BCUT2D eigenvalue weighted by atomic mass is 9.93. The minimum atomic E-state index is 0.434. The third kappa shape index (κ3) is 4.07. The first-order valence-electron chi connectivity index (χ1n) is 6.19. The maximum absolute atomic E-state index is 4.04. The Morgan fingerprint density at radius 1 is 1.24 bits per heavy atom. The molecule has 0 saturated carbocycles. The van der Waals surface area contributed by atoms with Gasteiger partial charge in [0.1, 0.15) is 0 Å². The fraction of sp³-hybridized carbons (Fsp3) is 0.833. The van der Waals surface area contributed by atoms with Crippen LogP contribution in [-0.2, 0) is 7.05 Å². The maximum atomic E-state index is 4.04. The number of rotatable bonds is 6. The first kappa shape index (κ1) is 14.6. The van der Waals surface area contributed by atoms with Crippen LogP contribution in [-0.4, -0.2) is 28.1 Å². The number of hydrogen-bond donors (Lipinski definition) is 1. The van der Waals surface area contributed by atoms with Crippen molar-refractivity contribution in [1.29, 1.82) is 0 Å². The highest BCUT2D eigenvalue weighted by atomic mass is 79.9. The van der Waals surface area contributed by atoms with E-state index in [9.17, 15) is 0 Å². The van der Waals surface area contributed by atoms with Crippen molar-refractivity contribution in [2.45, 2.75) is 33.6 Å². The van der Waals surface area contributed by atoms with E-state index in [1.807, 2.05) is 11.7 Å². The van der Waals surface area contributed by atoms with Gasteiger partial charge >= 0.3 is 0 Å². The van der Waals surface area contributed by atoms with Crippen molar-refractivity contribution in [3.63, 3.8) is 0 Å². The molecule has 4 nitrogen and oxygen atoms in total. The van der Waals surface area contributed by atoms with Crippen molar-refractivity contribution in [2.24, 2.45) is 18.9 Å². The zero-order valence-corrected chi connectivity index (χ0v) is 13.0. The zero-order chi connectivity index (χ0) is 13.0. The van der Waals surface area contributed by atoms with Crippen LogP contribution in [0.1, 0.15) is 39.3 Å². The molecular formula is C12H23BrN4. The third-order valence-electron chi connectivity index (χ3n) is 3.13. The second-order valence-corrected chi connectivity index (χ2v) is 5.96. The van der Waals surface area contributed by atoms with Gasteiger partial charge in [0, 0.05) is 13.0 Å². The largest absolute Gasteiger partial charge is 0.316 e. The normalized spacial score (nSPS) is 15.2. The Bertz CT molecular complexity index is 329. The molecule has 17 heavy (non-hydrogen) atoms. The molecule has 0 aliphatic heterocycles. The van der Waals surface area contributed by atoms with E-state index in [1.54, 1.807) is 0 Å². The van der Waals surface area contributed by atoms with Crippen LogP contribution in [0.3, 0.4) is 0 Å². The van der Waals surface area contributed by atoms with E-state index < -0.39 is 0 Å². The topological polar surface area (TPSA) is 42.7 Å². The Labute approximate surface area is 112 Å². The molecule has 1 N–H and O–H groups in total. The molecule has 2 atom stereocenters. The summed E-state index contributed by atoms with van der Waals surface area (Å²) in [6.45, 7) is 11.0. The molecule has 98 valence electrons. The standard InChI is InChI=1S/C12H23BrN4/c1-8(2)6-14-7-9(3)10(4)11-12(13)15-16-17(11)5/h8-10,14H,6-7H2,1-5H3. The Morgan fingerprint density at radius 3 is 2.35 bits per heavy atom. The van der Waals surface area contributed by atoms with Crippen LogP contribution in [0, 0.1) is 11.8 Å². The van der Waals surface area contributed by atoms with E-state index in [-0.39, 0.29) is 0 Å². The summed E-state index contributed by atoms with van der Waals surface area (Å²) in [5, 5.41) is 11.6. The van der Waals surface area contributed by atoms with Gasteiger partial charge in [-0.2, -0.15) is 0 Å². The quantitative estimate of drug-likeness (QED) is 0.878. The summed E-state index contributed by atoms with van der Waals surface area (Å²) in [5.41, 5.74) is 1.17. The highest BCUT2D eigenvalue weighted by Gasteiger charge is 2.21. The minimum absolute atomic E-state index is 0.434. The van der Waals surface area contributed by atoms with Crippen molar-refractivity contribution in [3.05, 3.63) is 10.3 Å². The van der Waals surface area contributed by atoms with Gasteiger partial charge in [0.2, 0.25) is 0 Å². The van der Waals surface area contributed by atoms with Crippen LogP contribution >= 0.6 is 15.9 Å². The lowest BCUT2D eigenvalue weighted by Gasteiger charge is -2.21. The van der Waals surface area contributed by atoms with Crippen molar-refractivity contribution in [3.8, 4) is 0 Å². The molecule has 0 aliphatic carbocycles. The molecule has 5 heteroatoms. The Morgan fingerprint density at radius 2 is 1.88 bits per heavy atom. The van der Waals surface area contributed by atoms with Crippen molar-refractivity contribution in [1.82, 2.24) is 20.3 Å². The Kier molecular flexibility index (Phi) is 5.59. The second-order valence-electron chi connectivity index (χ2n) is 5.21. The van der Waals surface area contributed by atoms with Crippen molar-refractivity contribution < 1.29 is 0 Å². The molecule has 1 aromatic rings. The van der Waals surface area contributed by atoms with Gasteiger partial charge in [-0.1, -0.05) is 32.9 Å². The number of nitrogens with one attached hydrogen (secondary N) is 1. The molecule has 0 aliphatic rings. The first-order valence-corrected chi connectivity index (χ1v) is 6.98. The van der Waals surface area contributed by atoms with E-state index in [4.69, 9.17) is 0 Å². The molecule has 1 rings (SSSR count). The fourth-order valence-corrected chi connectivity index (χ4v) is 2.56. The second kappa shape index (κ2) is 6.50. The summed E-state index contributed by atoms with van der Waals surface area (Å²) >= 11 is 3.46. The summed E-state index contributed by atoms with van der Waals surface area (Å²) in [7, 11) is 1.94. The molecule has 1 aromatic heterocycles. The van der Waals surface area contributed by atoms with Gasteiger partial charge in [0.15, 0.2) is 4.60 Å². The molecule has 0 spiro atoms. The number of halogens is 1. The lowest BCUT2D eigenvalue weighted by Crippen LogP contribution is -2.28. The van der Waals surface area contributed by atoms with E-state index in [0.29, 0.717) is 17.8 Å². The molecule has 0 fully saturated rings. The molecule has 0 aromatic carbocycles. The average Bonchev–Trinajstić information content (AvgIpc) is 2.57. The van der Waals surface area contributed by atoms with Crippen LogP contribution < -0.4 is 5.32 Å². The zero-order valence-electron chi connectivity index (χ0n) is 11.4. The number of hydrogen-bond acceptors (Lipinski definition) is 3. The van der Waals surface area contributed by atoms with E-state index in [1.165, 1.54) is 5.69 Å². The van der Waals surface area contributed by atoms with Gasteiger partial charge in [-0.25, -0.2) is 0 Å². The van der Waals surface area contributed by atoms with Gasteiger partial charge in [-0.3, -0.25) is 4.68 Å². The summed E-state index contributed by atoms with van der Waals surface area (Å²) in [4.78, 5) is 0. The Hall–Kier alpha value is -0.420. The average molecular weight is 303 g/mol. The summed E-state index contributed by atoms with van der Waals surface area (Å²) in [6.07, 6.45) is 0. The van der Waals surface area contributed by atoms with E-state index in [0.717, 1.165) is 17.7 Å². The Balaban J connectivity index is 2.55. The highest BCUT2D eigenvalue weighted by Crippen LogP contribution is 2.27. The van der Waals surface area contributed by atoms with E-state index >= 15 is 0 Å². The third-order valence-corrected chi connectivity index (χ3v) is 3.70. The number of aryl methyl sites for hydroxylation is 1. The monoisotopic (exact) mass is 302 g/mol. The van der Waals surface area contributed by atoms with Crippen LogP contribution in [0.2, 0.25) is 0 Å². The molecule has 0 radical (unpaired) electrons. The molecule has 0 bridgehead atoms. The maximum Gasteiger partial charge on any atom is 0.151 e. The predicted molar refractivity (Wildman–Crippen MR) is 74.0 cm³/mol. The minimum Gasteiger partial charge on any atom is -0.316 e. The van der Waals surface area contributed by atoms with Gasteiger partial charge in [0.05, 0.1) is 5.69 Å². The van der Waals surface area contributed by atoms with Gasteiger partial charge in [-0.05, 0) is 40.9 Å².